The number of aromatic amines is 1. The smallest absolute Gasteiger partial charge is 0.108 e. The lowest BCUT2D eigenvalue weighted by Crippen LogP contribution is -2.50. The van der Waals surface area contributed by atoms with Crippen molar-refractivity contribution in [2.75, 3.05) is 26.7 Å². The van der Waals surface area contributed by atoms with Crippen molar-refractivity contribution < 1.29 is 0 Å². The third-order valence-electron chi connectivity index (χ3n) is 3.52. The van der Waals surface area contributed by atoms with Crippen LogP contribution in [0.15, 0.2) is 30.7 Å². The van der Waals surface area contributed by atoms with Gasteiger partial charge in [0.25, 0.3) is 0 Å². The van der Waals surface area contributed by atoms with Crippen molar-refractivity contribution in [3.63, 3.8) is 0 Å². The van der Waals surface area contributed by atoms with Gasteiger partial charge in [0.15, 0.2) is 0 Å². The van der Waals surface area contributed by atoms with E-state index in [-0.39, 0.29) is 0 Å². The molecule has 19 heavy (non-hydrogen) atoms. The molecule has 1 unspecified atom stereocenters. The normalized spacial score (nSPS) is 20.6. The molecule has 1 aliphatic heterocycles. The second-order valence-corrected chi connectivity index (χ2v) is 5.10. The van der Waals surface area contributed by atoms with Crippen molar-refractivity contribution in [1.82, 2.24) is 25.2 Å². The van der Waals surface area contributed by atoms with Crippen molar-refractivity contribution in [2.24, 2.45) is 0 Å². The summed E-state index contributed by atoms with van der Waals surface area (Å²) in [5, 5.41) is 3.54. The number of hydrogen-bond acceptors (Lipinski definition) is 4. The predicted molar refractivity (Wildman–Crippen MR) is 74.8 cm³/mol. The van der Waals surface area contributed by atoms with Gasteiger partial charge in [0.05, 0.1) is 11.9 Å². The van der Waals surface area contributed by atoms with Crippen molar-refractivity contribution in [1.29, 1.82) is 0 Å². The molecule has 2 aromatic heterocycles. The van der Waals surface area contributed by atoms with E-state index in [0.29, 0.717) is 6.04 Å². The Hall–Kier alpha value is -1.72. The zero-order valence-electron chi connectivity index (χ0n) is 11.1. The predicted octanol–water partition coefficient (Wildman–Crippen LogP) is 0.918. The SMILES string of the molecule is CN1CCNC(Cc2ncc(-c3ccncc3)[nH]2)C1. The van der Waals surface area contributed by atoms with E-state index >= 15 is 0 Å². The summed E-state index contributed by atoms with van der Waals surface area (Å²) in [6, 6.07) is 4.46. The molecule has 0 bridgehead atoms. The number of pyridine rings is 1. The lowest BCUT2D eigenvalue weighted by atomic mass is 10.1. The van der Waals surface area contributed by atoms with Crippen LogP contribution < -0.4 is 5.32 Å². The number of piperazine rings is 1. The Morgan fingerprint density at radius 2 is 2.21 bits per heavy atom. The first-order chi connectivity index (χ1) is 9.31. The quantitative estimate of drug-likeness (QED) is 0.858. The first-order valence-electron chi connectivity index (χ1n) is 6.67. The topological polar surface area (TPSA) is 56.8 Å². The Balaban J connectivity index is 1.68. The standard InChI is InChI=1S/C14H19N5/c1-19-7-6-16-12(10-19)8-14-17-9-13(18-14)11-2-4-15-5-3-11/h2-5,9,12,16H,6-8,10H2,1H3,(H,17,18). The molecule has 0 amide bonds. The summed E-state index contributed by atoms with van der Waals surface area (Å²) in [6.07, 6.45) is 6.44. The second kappa shape index (κ2) is 5.50. The van der Waals surface area contributed by atoms with Gasteiger partial charge in [0.2, 0.25) is 0 Å². The fraction of sp³-hybridized carbons (Fsp3) is 0.429. The molecule has 0 aliphatic carbocycles. The molecular formula is C14H19N5. The minimum Gasteiger partial charge on any atom is -0.342 e. The van der Waals surface area contributed by atoms with Crippen LogP contribution in [0.5, 0.6) is 0 Å². The van der Waals surface area contributed by atoms with Crippen LogP contribution in [0.25, 0.3) is 11.3 Å². The van der Waals surface area contributed by atoms with E-state index in [1.165, 1.54) is 0 Å². The van der Waals surface area contributed by atoms with E-state index in [9.17, 15) is 0 Å². The van der Waals surface area contributed by atoms with E-state index in [1.807, 2.05) is 18.3 Å². The highest BCUT2D eigenvalue weighted by Crippen LogP contribution is 2.16. The lowest BCUT2D eigenvalue weighted by Gasteiger charge is -2.30. The third-order valence-corrected chi connectivity index (χ3v) is 3.52. The molecular weight excluding hydrogens is 238 g/mol. The van der Waals surface area contributed by atoms with Crippen LogP contribution in [-0.4, -0.2) is 52.6 Å². The molecule has 1 atom stereocenters. The fourth-order valence-electron chi connectivity index (χ4n) is 2.51. The largest absolute Gasteiger partial charge is 0.342 e. The Kier molecular flexibility index (Phi) is 3.57. The molecule has 3 heterocycles. The minimum atomic E-state index is 0.482. The van der Waals surface area contributed by atoms with Crippen molar-refractivity contribution in [3.05, 3.63) is 36.5 Å². The van der Waals surface area contributed by atoms with Crippen LogP contribution in [-0.2, 0) is 6.42 Å². The molecule has 5 nitrogen and oxygen atoms in total. The van der Waals surface area contributed by atoms with Gasteiger partial charge < -0.3 is 15.2 Å². The highest BCUT2D eigenvalue weighted by Gasteiger charge is 2.17. The van der Waals surface area contributed by atoms with E-state index in [2.05, 4.69) is 32.2 Å². The summed E-state index contributed by atoms with van der Waals surface area (Å²) in [7, 11) is 2.17. The fourth-order valence-corrected chi connectivity index (χ4v) is 2.51. The molecule has 5 heteroatoms. The maximum Gasteiger partial charge on any atom is 0.108 e. The molecule has 2 aromatic rings. The molecule has 1 aliphatic rings. The van der Waals surface area contributed by atoms with Crippen molar-refractivity contribution in [3.8, 4) is 11.3 Å². The molecule has 3 rings (SSSR count). The van der Waals surface area contributed by atoms with Gasteiger partial charge in [-0.25, -0.2) is 4.98 Å². The van der Waals surface area contributed by atoms with Crippen LogP contribution >= 0.6 is 0 Å². The number of hydrogen-bond donors (Lipinski definition) is 2. The average Bonchev–Trinajstić information content (AvgIpc) is 2.88. The summed E-state index contributed by atoms with van der Waals surface area (Å²) in [4.78, 5) is 14.3. The van der Waals surface area contributed by atoms with E-state index in [4.69, 9.17) is 0 Å². The van der Waals surface area contributed by atoms with E-state index in [1.54, 1.807) is 12.4 Å². The Labute approximate surface area is 113 Å². The molecule has 0 aromatic carbocycles. The lowest BCUT2D eigenvalue weighted by molar-refractivity contribution is 0.236. The monoisotopic (exact) mass is 257 g/mol. The van der Waals surface area contributed by atoms with E-state index < -0.39 is 0 Å². The van der Waals surface area contributed by atoms with Gasteiger partial charge in [0.1, 0.15) is 5.82 Å². The average molecular weight is 257 g/mol. The van der Waals surface area contributed by atoms with Crippen LogP contribution in [0.3, 0.4) is 0 Å². The van der Waals surface area contributed by atoms with Gasteiger partial charge in [-0.1, -0.05) is 0 Å². The van der Waals surface area contributed by atoms with Crippen LogP contribution in [0.1, 0.15) is 5.82 Å². The Morgan fingerprint density at radius 1 is 1.37 bits per heavy atom. The molecule has 1 saturated heterocycles. The van der Waals surface area contributed by atoms with E-state index in [0.717, 1.165) is 43.1 Å². The molecule has 0 radical (unpaired) electrons. The summed E-state index contributed by atoms with van der Waals surface area (Å²) in [6.45, 7) is 3.25. The van der Waals surface area contributed by atoms with Gasteiger partial charge in [-0.2, -0.15) is 0 Å². The zero-order chi connectivity index (χ0) is 13.1. The maximum atomic E-state index is 4.48. The summed E-state index contributed by atoms with van der Waals surface area (Å²) >= 11 is 0. The number of H-pyrrole nitrogens is 1. The van der Waals surface area contributed by atoms with Gasteiger partial charge in [0, 0.05) is 50.1 Å². The first kappa shape index (κ1) is 12.3. The van der Waals surface area contributed by atoms with Gasteiger partial charge in [-0.3, -0.25) is 4.98 Å². The van der Waals surface area contributed by atoms with Crippen molar-refractivity contribution in [2.45, 2.75) is 12.5 Å². The number of imidazole rings is 1. The highest BCUT2D eigenvalue weighted by molar-refractivity contribution is 5.57. The molecule has 1 fully saturated rings. The number of nitrogens with one attached hydrogen (secondary N) is 2. The minimum absolute atomic E-state index is 0.482. The molecule has 2 N–H and O–H groups in total. The van der Waals surface area contributed by atoms with Gasteiger partial charge in [-0.05, 0) is 19.2 Å². The number of rotatable bonds is 3. The zero-order valence-corrected chi connectivity index (χ0v) is 11.1. The maximum absolute atomic E-state index is 4.48. The number of nitrogens with zero attached hydrogens (tertiary/aromatic N) is 3. The third kappa shape index (κ3) is 3.00. The van der Waals surface area contributed by atoms with Gasteiger partial charge in [-0.15, -0.1) is 0 Å². The molecule has 0 saturated carbocycles. The van der Waals surface area contributed by atoms with Crippen LogP contribution in [0.2, 0.25) is 0 Å². The Morgan fingerprint density at radius 3 is 3.00 bits per heavy atom. The van der Waals surface area contributed by atoms with Crippen molar-refractivity contribution >= 4 is 0 Å². The summed E-state index contributed by atoms with van der Waals surface area (Å²) in [5.41, 5.74) is 2.18. The first-order valence-corrected chi connectivity index (χ1v) is 6.67. The number of likely N-dealkylation sites (N-methyl/N-ethyl adjacent to an activating group) is 1. The molecule has 100 valence electrons. The summed E-state index contributed by atoms with van der Waals surface area (Å²) < 4.78 is 0. The van der Waals surface area contributed by atoms with Crippen LogP contribution in [0.4, 0.5) is 0 Å². The highest BCUT2D eigenvalue weighted by atomic mass is 15.2. The molecule has 0 spiro atoms. The number of aromatic nitrogens is 3. The van der Waals surface area contributed by atoms with Crippen LogP contribution in [0, 0.1) is 0 Å². The Bertz CT molecular complexity index is 522. The second-order valence-electron chi connectivity index (χ2n) is 5.10. The summed E-state index contributed by atoms with van der Waals surface area (Å²) in [5.74, 6) is 1.04. The van der Waals surface area contributed by atoms with Gasteiger partial charge >= 0.3 is 0 Å².